The summed E-state index contributed by atoms with van der Waals surface area (Å²) in [4.78, 5) is 25.5. The quantitative estimate of drug-likeness (QED) is 0.650. The van der Waals surface area contributed by atoms with Gasteiger partial charge in [0.2, 0.25) is 0 Å². The molecule has 0 amide bonds. The van der Waals surface area contributed by atoms with Crippen LogP contribution >= 0.6 is 15.9 Å². The normalized spacial score (nSPS) is 13.6. The van der Waals surface area contributed by atoms with Gasteiger partial charge in [0.05, 0.1) is 16.8 Å². The molecule has 0 bridgehead atoms. The first-order valence-corrected chi connectivity index (χ1v) is 9.60. The van der Waals surface area contributed by atoms with Gasteiger partial charge in [-0.05, 0) is 12.1 Å². The van der Waals surface area contributed by atoms with E-state index < -0.39 is 9.73 Å². The van der Waals surface area contributed by atoms with E-state index in [0.29, 0.717) is 21.3 Å². The standard InChI is InChI=1S/C16H12BrNO3S/c1-22(2,21)18-12-8-7-11(17)13-14(12)16(20)10-6-4-3-5-9(10)15(13)19/h3-8H,1-2H3. The first kappa shape index (κ1) is 15.1. The smallest absolute Gasteiger partial charge is 0.196 e. The third-order valence-electron chi connectivity index (χ3n) is 3.32. The average molecular weight is 378 g/mol. The van der Waals surface area contributed by atoms with E-state index in [1.165, 1.54) is 12.5 Å². The Kier molecular flexibility index (Phi) is 3.53. The van der Waals surface area contributed by atoms with Crippen LogP contribution in [0.2, 0.25) is 0 Å². The lowest BCUT2D eigenvalue weighted by Crippen LogP contribution is -2.21. The summed E-state index contributed by atoms with van der Waals surface area (Å²) in [6, 6.07) is 9.96. The number of hydrogen-bond acceptors (Lipinski definition) is 4. The van der Waals surface area contributed by atoms with E-state index in [9.17, 15) is 13.8 Å². The van der Waals surface area contributed by atoms with E-state index in [1.807, 2.05) is 0 Å². The van der Waals surface area contributed by atoms with Gasteiger partial charge in [0.15, 0.2) is 11.6 Å². The second kappa shape index (κ2) is 5.14. The fourth-order valence-corrected chi connectivity index (χ4v) is 3.62. The molecule has 4 nitrogen and oxygen atoms in total. The maximum Gasteiger partial charge on any atom is 0.196 e. The van der Waals surface area contributed by atoms with Gasteiger partial charge < -0.3 is 0 Å². The maximum atomic E-state index is 12.8. The number of carbonyl (C=O) groups excluding carboxylic acids is 2. The monoisotopic (exact) mass is 377 g/mol. The second-order valence-electron chi connectivity index (χ2n) is 5.29. The molecule has 0 radical (unpaired) electrons. The van der Waals surface area contributed by atoms with Gasteiger partial charge in [-0.1, -0.05) is 40.2 Å². The summed E-state index contributed by atoms with van der Waals surface area (Å²) in [6.45, 7) is 0. The number of halogens is 1. The number of nitrogens with zero attached hydrogens (tertiary/aromatic N) is 1. The molecule has 6 heteroatoms. The molecule has 0 fully saturated rings. The third-order valence-corrected chi connectivity index (χ3v) is 4.62. The highest BCUT2D eigenvalue weighted by Crippen LogP contribution is 2.37. The highest BCUT2D eigenvalue weighted by molar-refractivity contribution is 9.10. The third kappa shape index (κ3) is 2.42. The lowest BCUT2D eigenvalue weighted by Gasteiger charge is -2.20. The highest BCUT2D eigenvalue weighted by Gasteiger charge is 2.33. The molecule has 2 aromatic carbocycles. The fraction of sp³-hybridized carbons (Fsp3) is 0.125. The molecule has 0 aliphatic heterocycles. The SMILES string of the molecule is CS(C)(=O)=Nc1ccc(Br)c2c1C(=O)c1ccccc1C2=O. The Morgan fingerprint density at radius 1 is 0.909 bits per heavy atom. The summed E-state index contributed by atoms with van der Waals surface area (Å²) in [7, 11) is -2.45. The van der Waals surface area contributed by atoms with Crippen molar-refractivity contribution < 1.29 is 13.8 Å². The molecule has 2 aromatic rings. The van der Waals surface area contributed by atoms with Crippen molar-refractivity contribution in [3.05, 3.63) is 63.1 Å². The van der Waals surface area contributed by atoms with Crippen molar-refractivity contribution in [1.82, 2.24) is 0 Å². The van der Waals surface area contributed by atoms with Crippen LogP contribution in [0.25, 0.3) is 0 Å². The van der Waals surface area contributed by atoms with Crippen LogP contribution in [-0.4, -0.2) is 28.3 Å². The van der Waals surface area contributed by atoms with E-state index >= 15 is 0 Å². The summed E-state index contributed by atoms with van der Waals surface area (Å²) >= 11 is 3.33. The molecule has 0 atom stereocenters. The van der Waals surface area contributed by atoms with Crippen LogP contribution in [0.4, 0.5) is 5.69 Å². The van der Waals surface area contributed by atoms with Gasteiger partial charge in [0.1, 0.15) is 0 Å². The number of rotatable bonds is 1. The molecule has 0 aromatic heterocycles. The van der Waals surface area contributed by atoms with Crippen LogP contribution in [0, 0.1) is 0 Å². The molecule has 1 aliphatic carbocycles. The van der Waals surface area contributed by atoms with Crippen molar-refractivity contribution >= 4 is 42.9 Å². The summed E-state index contributed by atoms with van der Waals surface area (Å²) < 4.78 is 16.7. The van der Waals surface area contributed by atoms with E-state index in [1.54, 1.807) is 36.4 Å². The van der Waals surface area contributed by atoms with Gasteiger partial charge in [0.25, 0.3) is 0 Å². The molecule has 0 N–H and O–H groups in total. The van der Waals surface area contributed by atoms with Gasteiger partial charge in [-0.25, -0.2) is 4.21 Å². The molecule has 0 saturated heterocycles. The zero-order valence-corrected chi connectivity index (χ0v) is 14.3. The highest BCUT2D eigenvalue weighted by atomic mass is 79.9. The molecule has 3 rings (SSSR count). The molecular weight excluding hydrogens is 366 g/mol. The lowest BCUT2D eigenvalue weighted by atomic mass is 9.83. The fourth-order valence-electron chi connectivity index (χ4n) is 2.48. The van der Waals surface area contributed by atoms with Gasteiger partial charge >= 0.3 is 0 Å². The zero-order valence-electron chi connectivity index (χ0n) is 11.9. The van der Waals surface area contributed by atoms with Gasteiger partial charge in [-0.3, -0.25) is 9.59 Å². The van der Waals surface area contributed by atoms with E-state index in [2.05, 4.69) is 20.3 Å². The lowest BCUT2D eigenvalue weighted by molar-refractivity contribution is 0.0979. The largest absolute Gasteiger partial charge is 0.289 e. The first-order chi connectivity index (χ1) is 10.3. The van der Waals surface area contributed by atoms with E-state index in [0.717, 1.165) is 0 Å². The number of carbonyl (C=O) groups is 2. The molecule has 0 unspecified atom stereocenters. The van der Waals surface area contributed by atoms with E-state index in [4.69, 9.17) is 0 Å². The summed E-state index contributed by atoms with van der Waals surface area (Å²) in [5.41, 5.74) is 1.53. The van der Waals surface area contributed by atoms with Crippen LogP contribution in [0.15, 0.2) is 45.2 Å². The number of benzene rings is 2. The molecule has 0 saturated carbocycles. The van der Waals surface area contributed by atoms with Crippen molar-refractivity contribution in [1.29, 1.82) is 0 Å². The molecule has 0 spiro atoms. The predicted molar refractivity (Wildman–Crippen MR) is 89.5 cm³/mol. The average Bonchev–Trinajstić information content (AvgIpc) is 2.45. The van der Waals surface area contributed by atoms with Crippen molar-refractivity contribution in [2.24, 2.45) is 4.36 Å². The minimum Gasteiger partial charge on any atom is -0.289 e. The number of fused-ring (bicyclic) bond motifs is 2. The van der Waals surface area contributed by atoms with Crippen molar-refractivity contribution in [2.75, 3.05) is 12.5 Å². The summed E-state index contributed by atoms with van der Waals surface area (Å²) in [6.07, 6.45) is 2.98. The zero-order chi connectivity index (χ0) is 16.1. The predicted octanol–water partition coefficient (Wildman–Crippen LogP) is 3.58. The van der Waals surface area contributed by atoms with Crippen LogP contribution in [0.1, 0.15) is 31.8 Å². The Labute approximate surface area is 136 Å². The van der Waals surface area contributed by atoms with Crippen LogP contribution < -0.4 is 0 Å². The second-order valence-corrected chi connectivity index (χ2v) is 8.69. The van der Waals surface area contributed by atoms with Crippen molar-refractivity contribution in [3.8, 4) is 0 Å². The maximum absolute atomic E-state index is 12.8. The Hall–Kier alpha value is -1.79. The molecular formula is C16H12BrNO3S. The molecule has 112 valence electrons. The minimum atomic E-state index is -2.45. The Bertz CT molecular complexity index is 948. The van der Waals surface area contributed by atoms with Gasteiger partial charge in [0, 0.05) is 37.8 Å². The van der Waals surface area contributed by atoms with E-state index in [-0.39, 0.29) is 22.7 Å². The van der Waals surface area contributed by atoms with Crippen LogP contribution in [0.3, 0.4) is 0 Å². The van der Waals surface area contributed by atoms with Crippen LogP contribution in [-0.2, 0) is 9.73 Å². The van der Waals surface area contributed by atoms with Crippen molar-refractivity contribution in [3.63, 3.8) is 0 Å². The van der Waals surface area contributed by atoms with Gasteiger partial charge in [-0.2, -0.15) is 4.36 Å². The Morgan fingerprint density at radius 3 is 2.00 bits per heavy atom. The molecule has 0 heterocycles. The first-order valence-electron chi connectivity index (χ1n) is 6.47. The summed E-state index contributed by atoms with van der Waals surface area (Å²) in [5, 5.41) is 0. The summed E-state index contributed by atoms with van der Waals surface area (Å²) in [5.74, 6) is -0.498. The molecule has 22 heavy (non-hydrogen) atoms. The number of hydrogen-bond donors (Lipinski definition) is 0. The topological polar surface area (TPSA) is 63.6 Å². The Balaban J connectivity index is 2.40. The Morgan fingerprint density at radius 2 is 1.45 bits per heavy atom. The minimum absolute atomic E-state index is 0.217. The van der Waals surface area contributed by atoms with Crippen molar-refractivity contribution in [2.45, 2.75) is 0 Å². The molecule has 1 aliphatic rings. The van der Waals surface area contributed by atoms with Gasteiger partial charge in [-0.15, -0.1) is 0 Å². The number of ketones is 2. The van der Waals surface area contributed by atoms with Crippen LogP contribution in [0.5, 0.6) is 0 Å².